The lowest BCUT2D eigenvalue weighted by molar-refractivity contribution is -0.137. The molecule has 7 nitrogen and oxygen atoms in total. The molecule has 1 aliphatic rings. The number of amides is 1. The summed E-state index contributed by atoms with van der Waals surface area (Å²) in [6, 6.07) is 7.36. The average Bonchev–Trinajstić information content (AvgIpc) is 3.10. The second kappa shape index (κ2) is 13.4. The molecule has 1 heterocycles. The first-order valence-electron chi connectivity index (χ1n) is 11.9. The molecule has 1 saturated heterocycles. The van der Waals surface area contributed by atoms with Crippen LogP contribution >= 0.6 is 0 Å². The van der Waals surface area contributed by atoms with Crippen molar-refractivity contribution in [2.24, 2.45) is 0 Å². The Morgan fingerprint density at radius 1 is 1.21 bits per heavy atom. The zero-order valence-electron chi connectivity index (χ0n) is 20.2. The summed E-state index contributed by atoms with van der Waals surface area (Å²) in [6.07, 6.45) is 7.63. The highest BCUT2D eigenvalue weighted by Gasteiger charge is 2.28. The van der Waals surface area contributed by atoms with Crippen molar-refractivity contribution < 1.29 is 29.3 Å². The van der Waals surface area contributed by atoms with Gasteiger partial charge >= 0.3 is 5.97 Å². The Bertz CT molecular complexity index is 785. The number of aliphatic carboxylic acids is 1. The zero-order chi connectivity index (χ0) is 24.3. The van der Waals surface area contributed by atoms with Crippen LogP contribution in [0.25, 0.3) is 0 Å². The van der Waals surface area contributed by atoms with Gasteiger partial charge in [-0.2, -0.15) is 0 Å². The van der Waals surface area contributed by atoms with E-state index in [4.69, 9.17) is 14.6 Å². The van der Waals surface area contributed by atoms with Gasteiger partial charge in [-0.15, -0.1) is 0 Å². The molecule has 0 aromatic heterocycles. The normalized spacial score (nSPS) is 17.6. The van der Waals surface area contributed by atoms with E-state index in [9.17, 15) is 14.7 Å². The molecule has 1 aromatic rings. The van der Waals surface area contributed by atoms with Gasteiger partial charge in [-0.1, -0.05) is 37.1 Å². The van der Waals surface area contributed by atoms with Crippen LogP contribution in [0.4, 0.5) is 0 Å². The lowest BCUT2D eigenvalue weighted by Gasteiger charge is -2.22. The Labute approximate surface area is 197 Å². The first-order chi connectivity index (χ1) is 15.7. The number of hydrogen-bond donors (Lipinski definition) is 2. The van der Waals surface area contributed by atoms with E-state index in [-0.39, 0.29) is 24.0 Å². The summed E-state index contributed by atoms with van der Waals surface area (Å²) in [4.78, 5) is 24.7. The molecule has 2 N–H and O–H groups in total. The van der Waals surface area contributed by atoms with Crippen molar-refractivity contribution in [3.63, 3.8) is 0 Å². The number of carbonyl (C=O) groups excluding carboxylic acids is 1. The molecule has 184 valence electrons. The molecular formula is C26H39NO6. The molecule has 0 radical (unpaired) electrons. The number of hydrogen-bond acceptors (Lipinski definition) is 5. The summed E-state index contributed by atoms with van der Waals surface area (Å²) >= 11 is 0. The highest BCUT2D eigenvalue weighted by atomic mass is 16.5. The molecule has 33 heavy (non-hydrogen) atoms. The molecule has 0 aliphatic carbocycles. The Morgan fingerprint density at radius 3 is 2.70 bits per heavy atom. The van der Waals surface area contributed by atoms with E-state index in [0.29, 0.717) is 38.3 Å². The molecule has 0 bridgehead atoms. The van der Waals surface area contributed by atoms with Gasteiger partial charge in [-0.25, -0.2) is 0 Å². The maximum atomic E-state index is 12.3. The highest BCUT2D eigenvalue weighted by Crippen LogP contribution is 2.24. The molecule has 1 amide bonds. The smallest absolute Gasteiger partial charge is 0.303 e. The maximum absolute atomic E-state index is 12.3. The van der Waals surface area contributed by atoms with E-state index in [1.54, 1.807) is 6.08 Å². The van der Waals surface area contributed by atoms with Gasteiger partial charge in [-0.05, 0) is 57.7 Å². The number of aliphatic hydroxyl groups excluding tert-OH is 1. The Hall–Kier alpha value is -2.38. The predicted octanol–water partition coefficient (Wildman–Crippen LogP) is 4.50. The van der Waals surface area contributed by atoms with E-state index in [1.807, 2.05) is 56.0 Å². The number of unbranched alkanes of at least 4 members (excludes halogenated alkanes) is 3. The summed E-state index contributed by atoms with van der Waals surface area (Å²) in [7, 11) is 0. The van der Waals surface area contributed by atoms with Gasteiger partial charge in [0.2, 0.25) is 5.91 Å². The molecular weight excluding hydrogens is 422 g/mol. The van der Waals surface area contributed by atoms with Gasteiger partial charge in [-0.3, -0.25) is 9.59 Å². The number of benzene rings is 1. The van der Waals surface area contributed by atoms with E-state index in [0.717, 1.165) is 31.2 Å². The maximum Gasteiger partial charge on any atom is 0.303 e. The molecule has 0 spiro atoms. The van der Waals surface area contributed by atoms with Crippen LogP contribution in [0, 0.1) is 0 Å². The fourth-order valence-electron chi connectivity index (χ4n) is 3.80. The number of rotatable bonds is 14. The van der Waals surface area contributed by atoms with Crippen molar-refractivity contribution in [3.8, 4) is 5.75 Å². The Balaban J connectivity index is 1.82. The molecule has 7 heteroatoms. The van der Waals surface area contributed by atoms with E-state index >= 15 is 0 Å². The first-order valence-corrected chi connectivity index (χ1v) is 11.9. The molecule has 1 aromatic carbocycles. The lowest BCUT2D eigenvalue weighted by Crippen LogP contribution is -2.32. The first kappa shape index (κ1) is 26.9. The monoisotopic (exact) mass is 461 g/mol. The molecule has 2 rings (SSSR count). The number of carboxylic acid groups (broad SMARTS) is 1. The molecule has 0 saturated carbocycles. The van der Waals surface area contributed by atoms with Gasteiger partial charge in [0, 0.05) is 19.4 Å². The number of ether oxygens (including phenoxy) is 2. The topological polar surface area (TPSA) is 96.3 Å². The Kier molecular flexibility index (Phi) is 10.9. The summed E-state index contributed by atoms with van der Waals surface area (Å²) in [5.41, 5.74) is 0.525. The number of carboxylic acids is 1. The van der Waals surface area contributed by atoms with E-state index < -0.39 is 12.1 Å². The van der Waals surface area contributed by atoms with Crippen LogP contribution in [-0.4, -0.2) is 58.4 Å². The highest BCUT2D eigenvalue weighted by molar-refractivity contribution is 5.79. The van der Waals surface area contributed by atoms with Crippen LogP contribution in [0.15, 0.2) is 36.4 Å². The van der Waals surface area contributed by atoms with Crippen molar-refractivity contribution >= 4 is 11.9 Å². The van der Waals surface area contributed by atoms with Crippen LogP contribution in [0.3, 0.4) is 0 Å². The Morgan fingerprint density at radius 2 is 1.97 bits per heavy atom. The van der Waals surface area contributed by atoms with E-state index in [1.165, 1.54) is 0 Å². The third-order valence-corrected chi connectivity index (χ3v) is 5.52. The van der Waals surface area contributed by atoms with Crippen molar-refractivity contribution in [1.82, 2.24) is 4.90 Å². The van der Waals surface area contributed by atoms with Gasteiger partial charge < -0.3 is 24.6 Å². The summed E-state index contributed by atoms with van der Waals surface area (Å²) in [6.45, 7) is 7.58. The standard InChI is InChI=1S/C26H39NO6/c1-26(2,3)33-18-17-32-22-10-8-9-20(19-22)23(28)14-12-21-13-15-24(29)27(21)16-7-5-4-6-11-25(30)31/h8-10,12,14,19,21,23,28H,4-7,11,13,15-18H2,1-3H3,(H,30,31)/t21-,23?/m0/s1. The van der Waals surface area contributed by atoms with Crippen LogP contribution in [0.1, 0.15) is 77.4 Å². The fourth-order valence-corrected chi connectivity index (χ4v) is 3.80. The van der Waals surface area contributed by atoms with Crippen molar-refractivity contribution in [2.75, 3.05) is 19.8 Å². The van der Waals surface area contributed by atoms with Gasteiger partial charge in [0.15, 0.2) is 0 Å². The zero-order valence-corrected chi connectivity index (χ0v) is 20.2. The number of likely N-dealkylation sites (tertiary alicyclic amines) is 1. The molecule has 1 aliphatic heterocycles. The van der Waals surface area contributed by atoms with Gasteiger partial charge in [0.25, 0.3) is 0 Å². The molecule has 1 unspecified atom stereocenters. The quantitative estimate of drug-likeness (QED) is 0.313. The van der Waals surface area contributed by atoms with Crippen molar-refractivity contribution in [3.05, 3.63) is 42.0 Å². The van der Waals surface area contributed by atoms with E-state index in [2.05, 4.69) is 0 Å². The fraction of sp³-hybridized carbons (Fsp3) is 0.615. The minimum atomic E-state index is -0.784. The summed E-state index contributed by atoms with van der Waals surface area (Å²) in [5, 5.41) is 19.3. The van der Waals surface area contributed by atoms with Crippen LogP contribution < -0.4 is 4.74 Å². The number of carbonyl (C=O) groups is 2. The van der Waals surface area contributed by atoms with Crippen LogP contribution in [0.2, 0.25) is 0 Å². The molecule has 2 atom stereocenters. The largest absolute Gasteiger partial charge is 0.491 e. The lowest BCUT2D eigenvalue weighted by atomic mass is 10.1. The minimum Gasteiger partial charge on any atom is -0.491 e. The number of aliphatic hydroxyl groups is 1. The van der Waals surface area contributed by atoms with Crippen molar-refractivity contribution in [2.45, 2.75) is 83.5 Å². The van der Waals surface area contributed by atoms with Crippen LogP contribution in [-0.2, 0) is 14.3 Å². The third kappa shape index (κ3) is 10.4. The third-order valence-electron chi connectivity index (χ3n) is 5.52. The average molecular weight is 462 g/mol. The predicted molar refractivity (Wildman–Crippen MR) is 127 cm³/mol. The second-order valence-corrected chi connectivity index (χ2v) is 9.46. The second-order valence-electron chi connectivity index (χ2n) is 9.46. The summed E-state index contributed by atoms with van der Waals surface area (Å²) in [5.74, 6) is 0.0516. The van der Waals surface area contributed by atoms with Gasteiger partial charge in [0.05, 0.1) is 24.4 Å². The van der Waals surface area contributed by atoms with Crippen molar-refractivity contribution in [1.29, 1.82) is 0 Å². The van der Waals surface area contributed by atoms with Crippen LogP contribution in [0.5, 0.6) is 5.75 Å². The molecule has 1 fully saturated rings. The summed E-state index contributed by atoms with van der Waals surface area (Å²) < 4.78 is 11.4. The minimum absolute atomic E-state index is 0.0138. The van der Waals surface area contributed by atoms with Gasteiger partial charge in [0.1, 0.15) is 12.4 Å². The number of nitrogens with zero attached hydrogens (tertiary/aromatic N) is 1. The SMILES string of the molecule is CC(C)(C)OCCOc1cccc(C(O)C=C[C@H]2CCC(=O)N2CCCCCCC(=O)O)c1.